The number of phenols is 1. The molecule has 0 atom stereocenters. The van der Waals surface area contributed by atoms with Gasteiger partial charge in [0.1, 0.15) is 11.3 Å². The number of aromatic nitrogens is 1. The Hall–Kier alpha value is -2.53. The van der Waals surface area contributed by atoms with E-state index >= 15 is 0 Å². The van der Waals surface area contributed by atoms with Crippen molar-refractivity contribution in [3.8, 4) is 17.2 Å². The Morgan fingerprint density at radius 3 is 2.67 bits per heavy atom. The second-order valence-corrected chi connectivity index (χ2v) is 7.00. The van der Waals surface area contributed by atoms with Crippen LogP contribution in [-0.4, -0.2) is 16.0 Å². The summed E-state index contributed by atoms with van der Waals surface area (Å²) in [6.07, 6.45) is 0. The molecule has 0 bridgehead atoms. The average molecular weight is 345 g/mol. The van der Waals surface area contributed by atoms with Gasteiger partial charge in [0, 0.05) is 16.1 Å². The molecule has 1 amide bonds. The van der Waals surface area contributed by atoms with E-state index in [1.54, 1.807) is 30.3 Å². The number of anilines is 1. The summed E-state index contributed by atoms with van der Waals surface area (Å²) in [7, 11) is 0. The van der Waals surface area contributed by atoms with Crippen LogP contribution < -0.4 is 5.32 Å². The Morgan fingerprint density at radius 2 is 1.96 bits per heavy atom. The fraction of sp³-hybridized carbons (Fsp3) is 0.222. The molecule has 0 saturated heterocycles. The zero-order valence-corrected chi connectivity index (χ0v) is 14.3. The molecule has 2 aromatic carbocycles. The molecule has 5 nitrogen and oxygen atoms in total. The highest BCUT2D eigenvalue weighted by atomic mass is 35.5. The maximum Gasteiger partial charge on any atom is 0.231 e. The van der Waals surface area contributed by atoms with E-state index in [2.05, 4.69) is 10.3 Å². The molecule has 0 aliphatic heterocycles. The summed E-state index contributed by atoms with van der Waals surface area (Å²) < 4.78 is 5.67. The molecule has 0 aliphatic rings. The first-order valence-electron chi connectivity index (χ1n) is 7.45. The standard InChI is InChI=1S/C18H17ClN2O3/c1-18(2,3)17(23)20-11-5-6-14(22)12(9-11)16-21-13-8-10(19)4-7-15(13)24-16/h4-9,22H,1-3H3,(H,20,23). The quantitative estimate of drug-likeness (QED) is 0.652. The first-order chi connectivity index (χ1) is 11.2. The van der Waals surface area contributed by atoms with Crippen molar-refractivity contribution in [2.75, 3.05) is 5.32 Å². The van der Waals surface area contributed by atoms with Gasteiger partial charge in [0.2, 0.25) is 11.8 Å². The molecule has 3 rings (SSSR count). The molecule has 0 spiro atoms. The van der Waals surface area contributed by atoms with Crippen LogP contribution in [-0.2, 0) is 4.79 Å². The van der Waals surface area contributed by atoms with Gasteiger partial charge in [0.25, 0.3) is 0 Å². The van der Waals surface area contributed by atoms with E-state index < -0.39 is 5.41 Å². The number of phenolic OH excluding ortho intramolecular Hbond substituents is 1. The van der Waals surface area contributed by atoms with Gasteiger partial charge in [-0.2, -0.15) is 0 Å². The number of aromatic hydroxyl groups is 1. The Labute approximate surface area is 144 Å². The Kier molecular flexibility index (Phi) is 3.97. The van der Waals surface area contributed by atoms with E-state index in [1.807, 2.05) is 20.8 Å². The predicted octanol–water partition coefficient (Wildman–Crippen LogP) is 4.84. The molecule has 0 unspecified atom stereocenters. The van der Waals surface area contributed by atoms with Crippen LogP contribution in [0.3, 0.4) is 0 Å². The predicted molar refractivity (Wildman–Crippen MR) is 94.2 cm³/mol. The zero-order chi connectivity index (χ0) is 17.5. The fourth-order valence-electron chi connectivity index (χ4n) is 2.12. The lowest BCUT2D eigenvalue weighted by atomic mass is 9.95. The maximum atomic E-state index is 12.1. The van der Waals surface area contributed by atoms with Gasteiger partial charge in [0.05, 0.1) is 5.56 Å². The first-order valence-corrected chi connectivity index (χ1v) is 7.83. The van der Waals surface area contributed by atoms with Crippen molar-refractivity contribution in [1.29, 1.82) is 0 Å². The van der Waals surface area contributed by atoms with E-state index in [1.165, 1.54) is 6.07 Å². The molecule has 0 saturated carbocycles. The highest BCUT2D eigenvalue weighted by Gasteiger charge is 2.22. The molecule has 2 N–H and O–H groups in total. The number of rotatable bonds is 2. The van der Waals surface area contributed by atoms with Crippen LogP contribution in [0.25, 0.3) is 22.6 Å². The van der Waals surface area contributed by atoms with Crippen LogP contribution in [0.2, 0.25) is 5.02 Å². The van der Waals surface area contributed by atoms with Crippen LogP contribution in [0.15, 0.2) is 40.8 Å². The normalized spacial score (nSPS) is 11.7. The van der Waals surface area contributed by atoms with E-state index in [9.17, 15) is 9.90 Å². The monoisotopic (exact) mass is 344 g/mol. The number of carbonyl (C=O) groups is 1. The second kappa shape index (κ2) is 5.83. The van der Waals surface area contributed by atoms with E-state index in [0.717, 1.165) is 0 Å². The Balaban J connectivity index is 2.00. The number of amides is 1. The number of fused-ring (bicyclic) bond motifs is 1. The molecule has 0 fully saturated rings. The van der Waals surface area contributed by atoms with Crippen LogP contribution >= 0.6 is 11.6 Å². The number of oxazole rings is 1. The van der Waals surface area contributed by atoms with E-state index in [-0.39, 0.29) is 17.5 Å². The van der Waals surface area contributed by atoms with Gasteiger partial charge in [-0.25, -0.2) is 4.98 Å². The van der Waals surface area contributed by atoms with Crippen molar-refractivity contribution in [3.63, 3.8) is 0 Å². The summed E-state index contributed by atoms with van der Waals surface area (Å²) in [6.45, 7) is 5.48. The minimum atomic E-state index is -0.521. The maximum absolute atomic E-state index is 12.1. The smallest absolute Gasteiger partial charge is 0.231 e. The number of nitrogens with one attached hydrogen (secondary N) is 1. The fourth-order valence-corrected chi connectivity index (χ4v) is 2.29. The molecule has 24 heavy (non-hydrogen) atoms. The van der Waals surface area contributed by atoms with E-state index in [0.29, 0.717) is 27.4 Å². The second-order valence-electron chi connectivity index (χ2n) is 6.57. The molecule has 6 heteroatoms. The van der Waals surface area contributed by atoms with Gasteiger partial charge < -0.3 is 14.8 Å². The lowest BCUT2D eigenvalue weighted by Crippen LogP contribution is -2.27. The lowest BCUT2D eigenvalue weighted by Gasteiger charge is -2.18. The minimum absolute atomic E-state index is 0.0152. The van der Waals surface area contributed by atoms with Gasteiger partial charge in [-0.1, -0.05) is 32.4 Å². The van der Waals surface area contributed by atoms with Crippen molar-refractivity contribution < 1.29 is 14.3 Å². The molecule has 1 aromatic heterocycles. The topological polar surface area (TPSA) is 75.4 Å². The molecule has 3 aromatic rings. The van der Waals surface area contributed by atoms with Crippen LogP contribution in [0.5, 0.6) is 5.75 Å². The summed E-state index contributed by atoms with van der Waals surface area (Å²) in [5.74, 6) is 0.154. The number of hydrogen-bond donors (Lipinski definition) is 2. The summed E-state index contributed by atoms with van der Waals surface area (Å²) in [6, 6.07) is 9.87. The zero-order valence-electron chi connectivity index (χ0n) is 13.6. The highest BCUT2D eigenvalue weighted by Crippen LogP contribution is 2.34. The third-order valence-corrected chi connectivity index (χ3v) is 3.75. The molecular formula is C18H17ClN2O3. The SMILES string of the molecule is CC(C)(C)C(=O)Nc1ccc(O)c(-c2nc3cc(Cl)ccc3o2)c1. The number of carbonyl (C=O) groups excluding carboxylic acids is 1. The number of benzene rings is 2. The molecule has 0 aliphatic carbocycles. The summed E-state index contributed by atoms with van der Waals surface area (Å²) in [5, 5.41) is 13.5. The first kappa shape index (κ1) is 16.3. The summed E-state index contributed by atoms with van der Waals surface area (Å²) in [4.78, 5) is 16.5. The van der Waals surface area contributed by atoms with Gasteiger partial charge >= 0.3 is 0 Å². The van der Waals surface area contributed by atoms with Crippen LogP contribution in [0.4, 0.5) is 5.69 Å². The van der Waals surface area contributed by atoms with E-state index in [4.69, 9.17) is 16.0 Å². The van der Waals surface area contributed by atoms with Crippen molar-refractivity contribution in [2.24, 2.45) is 5.41 Å². The Bertz CT molecular complexity index is 926. The third kappa shape index (κ3) is 3.21. The van der Waals surface area contributed by atoms with Crippen molar-refractivity contribution in [3.05, 3.63) is 41.4 Å². The highest BCUT2D eigenvalue weighted by molar-refractivity contribution is 6.31. The number of nitrogens with zero attached hydrogens (tertiary/aromatic N) is 1. The van der Waals surface area contributed by atoms with Gasteiger partial charge in [0.15, 0.2) is 5.58 Å². The lowest BCUT2D eigenvalue weighted by molar-refractivity contribution is -0.123. The molecular weight excluding hydrogens is 328 g/mol. The molecule has 0 radical (unpaired) electrons. The van der Waals surface area contributed by atoms with Gasteiger partial charge in [-0.05, 0) is 36.4 Å². The minimum Gasteiger partial charge on any atom is -0.507 e. The molecule has 1 heterocycles. The van der Waals surface area contributed by atoms with Crippen molar-refractivity contribution >= 4 is 34.3 Å². The Morgan fingerprint density at radius 1 is 1.21 bits per heavy atom. The molecule has 124 valence electrons. The van der Waals surface area contributed by atoms with Crippen LogP contribution in [0.1, 0.15) is 20.8 Å². The number of hydrogen-bond acceptors (Lipinski definition) is 4. The van der Waals surface area contributed by atoms with Crippen molar-refractivity contribution in [2.45, 2.75) is 20.8 Å². The van der Waals surface area contributed by atoms with Crippen molar-refractivity contribution in [1.82, 2.24) is 4.98 Å². The number of halogens is 1. The average Bonchev–Trinajstić information content (AvgIpc) is 2.90. The van der Waals surface area contributed by atoms with Gasteiger partial charge in [-0.15, -0.1) is 0 Å². The van der Waals surface area contributed by atoms with Gasteiger partial charge in [-0.3, -0.25) is 4.79 Å². The summed E-state index contributed by atoms with van der Waals surface area (Å²) >= 11 is 5.95. The van der Waals surface area contributed by atoms with Crippen LogP contribution in [0, 0.1) is 5.41 Å². The largest absolute Gasteiger partial charge is 0.507 e. The summed E-state index contributed by atoms with van der Waals surface area (Å²) in [5.41, 5.74) is 1.60. The third-order valence-electron chi connectivity index (χ3n) is 3.52.